The first-order valence-electron chi connectivity index (χ1n) is 7.51. The van der Waals surface area contributed by atoms with Crippen molar-refractivity contribution in [2.24, 2.45) is 7.05 Å². The fraction of sp³-hybridized carbons (Fsp3) is 0.188. The molecule has 0 unspecified atom stereocenters. The number of fused-ring (bicyclic) bond motifs is 1. The van der Waals surface area contributed by atoms with Crippen LogP contribution in [0.15, 0.2) is 42.9 Å². The maximum Gasteiger partial charge on any atom is 0.214 e. The van der Waals surface area contributed by atoms with Gasteiger partial charge in [0.25, 0.3) is 0 Å². The predicted molar refractivity (Wildman–Crippen MR) is 91.7 cm³/mol. The van der Waals surface area contributed by atoms with Gasteiger partial charge in [-0.1, -0.05) is 11.3 Å². The largest absolute Gasteiger partial charge is 0.360 e. The Morgan fingerprint density at radius 1 is 1.21 bits per heavy atom. The summed E-state index contributed by atoms with van der Waals surface area (Å²) in [6, 6.07) is 6.30. The van der Waals surface area contributed by atoms with Gasteiger partial charge in [-0.3, -0.25) is 4.68 Å². The van der Waals surface area contributed by atoms with Gasteiger partial charge in [-0.15, -0.1) is 5.10 Å². The van der Waals surface area contributed by atoms with Gasteiger partial charge in [-0.2, -0.15) is 5.10 Å². The molecular weight excluding hydrogens is 327 g/mol. The van der Waals surface area contributed by atoms with Crippen LogP contribution in [0.2, 0.25) is 0 Å². The Bertz CT molecular complexity index is 937. The highest BCUT2D eigenvalue weighted by Crippen LogP contribution is 2.24. The molecular formula is C16H15FN6S. The Morgan fingerprint density at radius 2 is 2.04 bits per heavy atom. The van der Waals surface area contributed by atoms with Crippen LogP contribution in [0.3, 0.4) is 0 Å². The third-order valence-electron chi connectivity index (χ3n) is 3.63. The summed E-state index contributed by atoms with van der Waals surface area (Å²) < 4.78 is 16.5. The minimum Gasteiger partial charge on any atom is -0.360 e. The molecule has 0 saturated carbocycles. The van der Waals surface area contributed by atoms with E-state index in [1.807, 2.05) is 25.6 Å². The summed E-state index contributed by atoms with van der Waals surface area (Å²) in [6.07, 6.45) is 6.61. The SMILES string of the molecule is Cn1cc(CCNc2nn3cc(-c4ccc(F)cc4)nc3s2)cn1. The lowest BCUT2D eigenvalue weighted by Gasteiger charge is -1.99. The van der Waals surface area contributed by atoms with E-state index in [-0.39, 0.29) is 5.82 Å². The summed E-state index contributed by atoms with van der Waals surface area (Å²) >= 11 is 1.49. The zero-order valence-corrected chi connectivity index (χ0v) is 13.8. The van der Waals surface area contributed by atoms with E-state index < -0.39 is 0 Å². The van der Waals surface area contributed by atoms with Crippen molar-refractivity contribution in [2.75, 3.05) is 11.9 Å². The van der Waals surface area contributed by atoms with Gasteiger partial charge in [0.05, 0.1) is 18.1 Å². The van der Waals surface area contributed by atoms with Crippen molar-refractivity contribution in [3.63, 3.8) is 0 Å². The fourth-order valence-electron chi connectivity index (χ4n) is 2.45. The Kier molecular flexibility index (Phi) is 3.73. The minimum atomic E-state index is -0.252. The monoisotopic (exact) mass is 342 g/mol. The van der Waals surface area contributed by atoms with Crippen LogP contribution in [0.5, 0.6) is 0 Å². The van der Waals surface area contributed by atoms with Gasteiger partial charge in [0.1, 0.15) is 5.82 Å². The molecule has 0 spiro atoms. The number of aromatic nitrogens is 5. The lowest BCUT2D eigenvalue weighted by atomic mass is 10.2. The molecule has 0 amide bonds. The van der Waals surface area contributed by atoms with Crippen molar-refractivity contribution in [1.82, 2.24) is 24.4 Å². The quantitative estimate of drug-likeness (QED) is 0.606. The van der Waals surface area contributed by atoms with Gasteiger partial charge in [0.15, 0.2) is 0 Å². The molecule has 0 aliphatic carbocycles. The maximum absolute atomic E-state index is 13.0. The van der Waals surface area contributed by atoms with E-state index in [1.54, 1.807) is 21.3 Å². The molecule has 0 radical (unpaired) electrons. The molecule has 8 heteroatoms. The van der Waals surface area contributed by atoms with Crippen LogP contribution in [-0.2, 0) is 13.5 Å². The number of imidazole rings is 1. The second kappa shape index (κ2) is 6.04. The van der Waals surface area contributed by atoms with Crippen molar-refractivity contribution in [3.8, 4) is 11.3 Å². The number of halogens is 1. The zero-order valence-electron chi connectivity index (χ0n) is 13.0. The van der Waals surface area contributed by atoms with Crippen LogP contribution in [0.1, 0.15) is 5.56 Å². The first kappa shape index (κ1) is 14.8. The molecule has 3 aromatic heterocycles. The number of hydrogen-bond donors (Lipinski definition) is 1. The second-order valence-electron chi connectivity index (χ2n) is 5.47. The van der Waals surface area contributed by atoms with Gasteiger partial charge < -0.3 is 5.32 Å². The molecule has 122 valence electrons. The van der Waals surface area contributed by atoms with E-state index in [0.29, 0.717) is 0 Å². The summed E-state index contributed by atoms with van der Waals surface area (Å²) in [4.78, 5) is 5.35. The van der Waals surface area contributed by atoms with Crippen LogP contribution in [-0.4, -0.2) is 30.9 Å². The Labute approximate surface area is 141 Å². The first-order chi connectivity index (χ1) is 11.7. The van der Waals surface area contributed by atoms with Crippen molar-refractivity contribution >= 4 is 21.4 Å². The third-order valence-corrected chi connectivity index (χ3v) is 4.51. The Hall–Kier alpha value is -2.74. The van der Waals surface area contributed by atoms with Crippen LogP contribution >= 0.6 is 11.3 Å². The average Bonchev–Trinajstić information content (AvgIpc) is 3.23. The van der Waals surface area contributed by atoms with E-state index >= 15 is 0 Å². The number of nitrogens with one attached hydrogen (secondary N) is 1. The summed E-state index contributed by atoms with van der Waals surface area (Å²) in [5.74, 6) is -0.252. The molecule has 0 aliphatic rings. The van der Waals surface area contributed by atoms with Crippen LogP contribution in [0.4, 0.5) is 9.52 Å². The molecule has 4 aromatic rings. The predicted octanol–water partition coefficient (Wildman–Crippen LogP) is 2.99. The van der Waals surface area contributed by atoms with Crippen LogP contribution in [0, 0.1) is 5.82 Å². The standard InChI is InChI=1S/C16H15FN6S/c1-22-9-11(8-19-22)6-7-18-15-21-23-10-14(20-16(23)24-15)12-2-4-13(17)5-3-12/h2-5,8-10H,6-7H2,1H3,(H,18,21). The number of rotatable bonds is 5. The van der Waals surface area contributed by atoms with E-state index in [2.05, 4.69) is 20.5 Å². The molecule has 24 heavy (non-hydrogen) atoms. The van der Waals surface area contributed by atoms with Gasteiger partial charge in [0.2, 0.25) is 10.1 Å². The molecule has 4 rings (SSSR count). The second-order valence-corrected chi connectivity index (χ2v) is 6.42. The summed E-state index contributed by atoms with van der Waals surface area (Å²) in [7, 11) is 1.91. The zero-order chi connectivity index (χ0) is 16.5. The molecule has 3 heterocycles. The number of anilines is 1. The van der Waals surface area contributed by atoms with E-state index in [1.165, 1.54) is 29.0 Å². The van der Waals surface area contributed by atoms with E-state index in [9.17, 15) is 4.39 Å². The van der Waals surface area contributed by atoms with Gasteiger partial charge >= 0.3 is 0 Å². The number of nitrogens with zero attached hydrogens (tertiary/aromatic N) is 5. The minimum absolute atomic E-state index is 0.252. The van der Waals surface area contributed by atoms with E-state index in [4.69, 9.17) is 0 Å². The average molecular weight is 342 g/mol. The lowest BCUT2D eigenvalue weighted by Crippen LogP contribution is -2.04. The third kappa shape index (κ3) is 3.00. The molecule has 0 fully saturated rings. The normalized spacial score (nSPS) is 11.2. The first-order valence-corrected chi connectivity index (χ1v) is 8.32. The number of aryl methyl sites for hydroxylation is 1. The molecule has 6 nitrogen and oxygen atoms in total. The van der Waals surface area contributed by atoms with Crippen LogP contribution < -0.4 is 5.32 Å². The molecule has 0 aliphatic heterocycles. The molecule has 0 atom stereocenters. The lowest BCUT2D eigenvalue weighted by molar-refractivity contribution is 0.628. The highest BCUT2D eigenvalue weighted by Gasteiger charge is 2.09. The summed E-state index contributed by atoms with van der Waals surface area (Å²) in [6.45, 7) is 0.785. The summed E-state index contributed by atoms with van der Waals surface area (Å²) in [5, 5.41) is 12.8. The number of hydrogen-bond acceptors (Lipinski definition) is 5. The smallest absolute Gasteiger partial charge is 0.214 e. The maximum atomic E-state index is 13.0. The highest BCUT2D eigenvalue weighted by molar-refractivity contribution is 7.20. The van der Waals surface area contributed by atoms with Crippen molar-refractivity contribution in [3.05, 3.63) is 54.2 Å². The van der Waals surface area contributed by atoms with Crippen molar-refractivity contribution < 1.29 is 4.39 Å². The van der Waals surface area contributed by atoms with Gasteiger partial charge in [-0.05, 0) is 36.2 Å². The van der Waals surface area contributed by atoms with Crippen LogP contribution in [0.25, 0.3) is 16.2 Å². The fourth-order valence-corrected chi connectivity index (χ4v) is 3.25. The molecule has 0 saturated heterocycles. The van der Waals surface area contributed by atoms with Crippen molar-refractivity contribution in [2.45, 2.75) is 6.42 Å². The Morgan fingerprint density at radius 3 is 2.75 bits per heavy atom. The molecule has 0 bridgehead atoms. The Balaban J connectivity index is 1.44. The van der Waals surface area contributed by atoms with Gasteiger partial charge in [0, 0.05) is 25.4 Å². The molecule has 1 N–H and O–H groups in total. The van der Waals surface area contributed by atoms with E-state index in [0.717, 1.165) is 34.3 Å². The number of benzene rings is 1. The highest BCUT2D eigenvalue weighted by atomic mass is 32.1. The molecule has 1 aromatic carbocycles. The summed E-state index contributed by atoms with van der Waals surface area (Å²) in [5.41, 5.74) is 2.85. The van der Waals surface area contributed by atoms with Gasteiger partial charge in [-0.25, -0.2) is 13.9 Å². The topological polar surface area (TPSA) is 60.0 Å². The van der Waals surface area contributed by atoms with Crippen molar-refractivity contribution in [1.29, 1.82) is 0 Å².